The van der Waals surface area contributed by atoms with Gasteiger partial charge in [0.25, 0.3) is 5.56 Å². The number of nitrogen functional groups attached to an aromatic ring is 1. The van der Waals surface area contributed by atoms with Gasteiger partial charge in [0.1, 0.15) is 5.82 Å². The minimum atomic E-state index is -0.615. The highest BCUT2D eigenvalue weighted by Crippen LogP contribution is 2.20. The first kappa shape index (κ1) is 25.6. The number of benzene rings is 1. The molecular weight excluding hydrogens is 432 g/mol. The zero-order valence-electron chi connectivity index (χ0n) is 20.8. The number of hydrogen-bond acceptors (Lipinski definition) is 6. The number of unbranched alkanes of at least 4 members (excludes halogenated alkanes) is 1. The fourth-order valence-electron chi connectivity index (χ4n) is 4.33. The normalized spacial score (nSPS) is 14.6. The maximum atomic E-state index is 13.4. The van der Waals surface area contributed by atoms with Crippen LogP contribution in [-0.4, -0.2) is 59.6 Å². The van der Waals surface area contributed by atoms with E-state index >= 15 is 0 Å². The number of H-pyrrole nitrogens is 1. The van der Waals surface area contributed by atoms with Crippen LogP contribution in [0, 0.1) is 12.8 Å². The largest absolute Gasteiger partial charge is 0.383 e. The van der Waals surface area contributed by atoms with Gasteiger partial charge in [-0.15, -0.1) is 0 Å². The Morgan fingerprint density at radius 1 is 1.18 bits per heavy atom. The predicted octanol–water partition coefficient (Wildman–Crippen LogP) is 2.04. The Bertz CT molecular complexity index is 1100. The number of hydrogen-bond donors (Lipinski definition) is 2. The van der Waals surface area contributed by atoms with Gasteiger partial charge >= 0.3 is 5.69 Å². The van der Waals surface area contributed by atoms with E-state index in [1.165, 1.54) is 20.7 Å². The standard InChI is InChI=1S/C25H38N6O3/c1-5-6-10-30(22-23(26)31(16-18(2)3)25(34)27-24(22)33)21(32)17-28-11-13-29(14-12-28)20-9-7-8-19(4)15-20/h7-9,15,18H,5-6,10-14,16-17,26H2,1-4H3,(H,27,33,34). The molecule has 2 heterocycles. The van der Waals surface area contributed by atoms with E-state index in [1.54, 1.807) is 0 Å². The average molecular weight is 471 g/mol. The Hall–Kier alpha value is -3.07. The Morgan fingerprint density at radius 2 is 1.88 bits per heavy atom. The lowest BCUT2D eigenvalue weighted by atomic mass is 10.2. The minimum Gasteiger partial charge on any atom is -0.383 e. The molecule has 1 saturated heterocycles. The zero-order chi connectivity index (χ0) is 24.8. The fourth-order valence-corrected chi connectivity index (χ4v) is 4.33. The smallest absolute Gasteiger partial charge is 0.330 e. The van der Waals surface area contributed by atoms with Crippen molar-refractivity contribution < 1.29 is 4.79 Å². The summed E-state index contributed by atoms with van der Waals surface area (Å²) in [6.07, 6.45) is 1.59. The molecule has 3 N–H and O–H groups in total. The molecule has 1 aliphatic heterocycles. The number of nitrogens with two attached hydrogens (primary N) is 1. The van der Waals surface area contributed by atoms with Gasteiger partial charge in [-0.25, -0.2) is 4.79 Å². The first-order valence-electron chi connectivity index (χ1n) is 12.2. The van der Waals surface area contributed by atoms with E-state index in [2.05, 4.69) is 46.0 Å². The van der Waals surface area contributed by atoms with E-state index in [0.717, 1.165) is 39.0 Å². The summed E-state index contributed by atoms with van der Waals surface area (Å²) in [7, 11) is 0. The van der Waals surface area contributed by atoms with Crippen LogP contribution in [0.15, 0.2) is 33.9 Å². The van der Waals surface area contributed by atoms with Gasteiger partial charge in [0, 0.05) is 45.0 Å². The molecule has 34 heavy (non-hydrogen) atoms. The molecule has 186 valence electrons. The number of aromatic amines is 1. The van der Waals surface area contributed by atoms with Crippen molar-refractivity contribution in [2.45, 2.75) is 47.1 Å². The number of nitrogens with one attached hydrogen (secondary N) is 1. The van der Waals surface area contributed by atoms with E-state index < -0.39 is 11.2 Å². The third-order valence-electron chi connectivity index (χ3n) is 6.17. The number of nitrogens with zero attached hydrogens (tertiary/aromatic N) is 4. The lowest BCUT2D eigenvalue weighted by Crippen LogP contribution is -2.51. The second kappa shape index (κ2) is 11.4. The number of anilines is 3. The molecule has 0 spiro atoms. The third kappa shape index (κ3) is 6.08. The first-order chi connectivity index (χ1) is 16.2. The van der Waals surface area contributed by atoms with E-state index in [-0.39, 0.29) is 29.9 Å². The van der Waals surface area contributed by atoms with Crippen LogP contribution in [0.2, 0.25) is 0 Å². The number of carbonyl (C=O) groups is 1. The van der Waals surface area contributed by atoms with Crippen molar-refractivity contribution in [2.24, 2.45) is 5.92 Å². The number of aromatic nitrogens is 2. The highest BCUT2D eigenvalue weighted by molar-refractivity contribution is 5.96. The summed E-state index contributed by atoms with van der Waals surface area (Å²) in [4.78, 5) is 46.8. The second-order valence-electron chi connectivity index (χ2n) is 9.50. The summed E-state index contributed by atoms with van der Waals surface area (Å²) in [5.41, 5.74) is 7.64. The van der Waals surface area contributed by atoms with Crippen LogP contribution >= 0.6 is 0 Å². The summed E-state index contributed by atoms with van der Waals surface area (Å²) in [6.45, 7) is 12.1. The molecule has 0 aliphatic carbocycles. The van der Waals surface area contributed by atoms with Gasteiger partial charge < -0.3 is 15.5 Å². The molecule has 9 heteroatoms. The van der Waals surface area contributed by atoms with Crippen molar-refractivity contribution in [1.29, 1.82) is 0 Å². The van der Waals surface area contributed by atoms with Crippen molar-refractivity contribution >= 4 is 23.1 Å². The average Bonchev–Trinajstić information content (AvgIpc) is 2.79. The summed E-state index contributed by atoms with van der Waals surface area (Å²) >= 11 is 0. The van der Waals surface area contributed by atoms with Crippen LogP contribution in [0.5, 0.6) is 0 Å². The molecule has 0 unspecified atom stereocenters. The van der Waals surface area contributed by atoms with Crippen molar-refractivity contribution in [3.63, 3.8) is 0 Å². The monoisotopic (exact) mass is 470 g/mol. The number of rotatable bonds is 9. The van der Waals surface area contributed by atoms with Gasteiger partial charge in [-0.3, -0.25) is 24.0 Å². The number of carbonyl (C=O) groups excluding carboxylic acids is 1. The van der Waals surface area contributed by atoms with Crippen molar-refractivity contribution in [3.8, 4) is 0 Å². The summed E-state index contributed by atoms with van der Waals surface area (Å²) < 4.78 is 1.36. The van der Waals surface area contributed by atoms with E-state index in [0.29, 0.717) is 13.1 Å². The molecule has 1 aliphatic rings. The van der Waals surface area contributed by atoms with Crippen LogP contribution in [0.25, 0.3) is 0 Å². The topological polar surface area (TPSA) is 108 Å². The molecule has 1 aromatic heterocycles. The maximum Gasteiger partial charge on any atom is 0.330 e. The second-order valence-corrected chi connectivity index (χ2v) is 9.50. The van der Waals surface area contributed by atoms with Gasteiger partial charge in [-0.2, -0.15) is 0 Å². The number of piperazine rings is 1. The van der Waals surface area contributed by atoms with Gasteiger partial charge in [0.05, 0.1) is 6.54 Å². The highest BCUT2D eigenvalue weighted by Gasteiger charge is 2.27. The third-order valence-corrected chi connectivity index (χ3v) is 6.17. The lowest BCUT2D eigenvalue weighted by molar-refractivity contribution is -0.119. The molecule has 0 bridgehead atoms. The Balaban J connectivity index is 1.77. The number of aryl methyl sites for hydroxylation is 1. The van der Waals surface area contributed by atoms with E-state index in [1.807, 2.05) is 20.8 Å². The molecule has 2 aromatic rings. The predicted molar refractivity (Wildman–Crippen MR) is 138 cm³/mol. The Labute approximate surface area is 201 Å². The molecule has 0 radical (unpaired) electrons. The van der Waals surface area contributed by atoms with Crippen LogP contribution < -0.4 is 26.8 Å². The highest BCUT2D eigenvalue weighted by atomic mass is 16.2. The van der Waals surface area contributed by atoms with E-state index in [4.69, 9.17) is 5.73 Å². The molecule has 1 amide bonds. The van der Waals surface area contributed by atoms with Gasteiger partial charge in [-0.05, 0) is 37.0 Å². The first-order valence-corrected chi connectivity index (χ1v) is 12.2. The fraction of sp³-hybridized carbons (Fsp3) is 0.560. The molecule has 0 atom stereocenters. The summed E-state index contributed by atoms with van der Waals surface area (Å²) in [5, 5.41) is 0. The quantitative estimate of drug-likeness (QED) is 0.581. The van der Waals surface area contributed by atoms with Crippen molar-refractivity contribution in [2.75, 3.05) is 54.8 Å². The lowest BCUT2D eigenvalue weighted by Gasteiger charge is -2.36. The molecular formula is C25H38N6O3. The minimum absolute atomic E-state index is 0.0520. The Kier molecular flexibility index (Phi) is 8.55. The van der Waals surface area contributed by atoms with Crippen molar-refractivity contribution in [3.05, 3.63) is 50.7 Å². The van der Waals surface area contributed by atoms with Gasteiger partial charge in [-0.1, -0.05) is 39.3 Å². The molecule has 9 nitrogen and oxygen atoms in total. The zero-order valence-corrected chi connectivity index (χ0v) is 20.8. The van der Waals surface area contributed by atoms with Crippen LogP contribution in [0.3, 0.4) is 0 Å². The van der Waals surface area contributed by atoms with Crippen LogP contribution in [0.4, 0.5) is 17.2 Å². The Morgan fingerprint density at radius 3 is 2.50 bits per heavy atom. The maximum absolute atomic E-state index is 13.4. The van der Waals surface area contributed by atoms with E-state index in [9.17, 15) is 14.4 Å². The molecule has 3 rings (SSSR count). The van der Waals surface area contributed by atoms with Crippen molar-refractivity contribution in [1.82, 2.24) is 14.5 Å². The number of amides is 1. The van der Waals surface area contributed by atoms with Gasteiger partial charge in [0.2, 0.25) is 5.91 Å². The van der Waals surface area contributed by atoms with Crippen LogP contribution in [-0.2, 0) is 11.3 Å². The molecule has 0 saturated carbocycles. The summed E-state index contributed by atoms with van der Waals surface area (Å²) in [6, 6.07) is 8.43. The molecule has 1 aromatic carbocycles. The van der Waals surface area contributed by atoms with Crippen LogP contribution in [0.1, 0.15) is 39.2 Å². The molecule has 1 fully saturated rings. The van der Waals surface area contributed by atoms with Gasteiger partial charge in [0.15, 0.2) is 5.69 Å². The summed E-state index contributed by atoms with van der Waals surface area (Å²) in [5.74, 6) is 0.0313. The SMILES string of the molecule is CCCCN(C(=O)CN1CCN(c2cccc(C)c2)CC1)c1c(N)n(CC(C)C)c(=O)[nH]c1=O.